The largest absolute Gasteiger partial charge is 0.497 e. The summed E-state index contributed by atoms with van der Waals surface area (Å²) in [6, 6.07) is 0.675. The summed E-state index contributed by atoms with van der Waals surface area (Å²) in [4.78, 5) is 0. The highest BCUT2D eigenvalue weighted by atomic mass is 16.5. The number of allylic oxidation sites excluding steroid dienone is 2. The molecule has 0 saturated heterocycles. The first kappa shape index (κ1) is 9.78. The smallest absolute Gasteiger partial charge is 0.110 e. The third-order valence-corrected chi connectivity index (χ3v) is 2.93. The van der Waals surface area contributed by atoms with Gasteiger partial charge in [0.1, 0.15) is 6.10 Å². The fourth-order valence-corrected chi connectivity index (χ4v) is 2.01. The van der Waals surface area contributed by atoms with Gasteiger partial charge in [0.2, 0.25) is 0 Å². The molecule has 2 aliphatic rings. The molecule has 0 fully saturated rings. The number of hydrogen-bond donors (Lipinski definition) is 1. The van der Waals surface area contributed by atoms with E-state index in [1.165, 1.54) is 19.3 Å². The monoisotopic (exact) mass is 193 g/mol. The molecule has 0 saturated carbocycles. The summed E-state index contributed by atoms with van der Waals surface area (Å²) < 4.78 is 5.51. The highest BCUT2D eigenvalue weighted by Crippen LogP contribution is 2.13. The van der Waals surface area contributed by atoms with Crippen LogP contribution >= 0.6 is 0 Å². The maximum absolute atomic E-state index is 5.51. The zero-order chi connectivity index (χ0) is 9.64. The van der Waals surface area contributed by atoms with Crippen LogP contribution in [0.4, 0.5) is 0 Å². The van der Waals surface area contributed by atoms with Gasteiger partial charge in [0.15, 0.2) is 0 Å². The van der Waals surface area contributed by atoms with Crippen LogP contribution < -0.4 is 5.32 Å². The van der Waals surface area contributed by atoms with Crippen molar-refractivity contribution in [3.05, 3.63) is 24.5 Å². The lowest BCUT2D eigenvalue weighted by atomic mass is 10.0. The van der Waals surface area contributed by atoms with E-state index in [1.807, 2.05) is 6.26 Å². The van der Waals surface area contributed by atoms with Crippen LogP contribution in [-0.4, -0.2) is 18.7 Å². The molecule has 1 aliphatic heterocycles. The number of ether oxygens (including phenoxy) is 1. The first-order valence-electron chi connectivity index (χ1n) is 5.64. The van der Waals surface area contributed by atoms with Crippen molar-refractivity contribution in [1.29, 1.82) is 0 Å². The molecule has 0 aromatic carbocycles. The Morgan fingerprint density at radius 3 is 2.79 bits per heavy atom. The van der Waals surface area contributed by atoms with Crippen molar-refractivity contribution >= 4 is 0 Å². The predicted octanol–water partition coefficient (Wildman–Crippen LogP) is 2.38. The molecule has 2 rings (SSSR count). The SMILES string of the molecule is C1=CCC(NCC2CCC=CO2)CC1. The Morgan fingerprint density at radius 1 is 1.14 bits per heavy atom. The van der Waals surface area contributed by atoms with Crippen molar-refractivity contribution in [3.63, 3.8) is 0 Å². The Hall–Kier alpha value is -0.760. The van der Waals surface area contributed by atoms with E-state index in [2.05, 4.69) is 23.5 Å². The summed E-state index contributed by atoms with van der Waals surface area (Å²) in [5.41, 5.74) is 0. The van der Waals surface area contributed by atoms with Crippen molar-refractivity contribution in [1.82, 2.24) is 5.32 Å². The highest BCUT2D eigenvalue weighted by Gasteiger charge is 2.14. The van der Waals surface area contributed by atoms with Gasteiger partial charge in [-0.15, -0.1) is 0 Å². The van der Waals surface area contributed by atoms with Crippen molar-refractivity contribution in [2.24, 2.45) is 0 Å². The molecule has 1 heterocycles. The molecule has 2 nitrogen and oxygen atoms in total. The lowest BCUT2D eigenvalue weighted by molar-refractivity contribution is 0.118. The normalized spacial score (nSPS) is 31.4. The molecule has 0 bridgehead atoms. The average molecular weight is 193 g/mol. The van der Waals surface area contributed by atoms with Crippen LogP contribution in [-0.2, 0) is 4.74 Å². The van der Waals surface area contributed by atoms with Crippen molar-refractivity contribution < 1.29 is 4.74 Å². The van der Waals surface area contributed by atoms with Gasteiger partial charge in [-0.2, -0.15) is 0 Å². The molecule has 78 valence electrons. The van der Waals surface area contributed by atoms with Gasteiger partial charge in [0.25, 0.3) is 0 Å². The Kier molecular flexibility index (Phi) is 3.64. The summed E-state index contributed by atoms with van der Waals surface area (Å²) >= 11 is 0. The molecule has 0 aromatic heterocycles. The van der Waals surface area contributed by atoms with Crippen LogP contribution in [0.3, 0.4) is 0 Å². The van der Waals surface area contributed by atoms with Crippen LogP contribution in [0.5, 0.6) is 0 Å². The maximum Gasteiger partial charge on any atom is 0.110 e. The van der Waals surface area contributed by atoms with Gasteiger partial charge in [0.05, 0.1) is 6.26 Å². The van der Waals surface area contributed by atoms with E-state index in [0.29, 0.717) is 12.1 Å². The predicted molar refractivity (Wildman–Crippen MR) is 58.0 cm³/mol. The second-order valence-electron chi connectivity index (χ2n) is 4.10. The van der Waals surface area contributed by atoms with E-state index in [-0.39, 0.29) is 0 Å². The summed E-state index contributed by atoms with van der Waals surface area (Å²) in [5.74, 6) is 0. The summed E-state index contributed by atoms with van der Waals surface area (Å²) in [6.45, 7) is 1.00. The minimum atomic E-state index is 0.394. The molecular weight excluding hydrogens is 174 g/mol. The lowest BCUT2D eigenvalue weighted by Crippen LogP contribution is -2.37. The van der Waals surface area contributed by atoms with Crippen molar-refractivity contribution in [2.75, 3.05) is 6.54 Å². The van der Waals surface area contributed by atoms with Gasteiger partial charge in [-0.1, -0.05) is 12.2 Å². The Bertz CT molecular complexity index is 198. The van der Waals surface area contributed by atoms with Gasteiger partial charge in [-0.3, -0.25) is 0 Å². The van der Waals surface area contributed by atoms with E-state index >= 15 is 0 Å². The standard InChI is InChI=1S/C12H19NO/c1-2-6-11(7-3-1)13-10-12-8-4-5-9-14-12/h1-2,5,9,11-13H,3-4,6-8,10H2. The zero-order valence-electron chi connectivity index (χ0n) is 8.61. The molecule has 14 heavy (non-hydrogen) atoms. The quantitative estimate of drug-likeness (QED) is 0.695. The number of rotatable bonds is 3. The molecule has 1 aliphatic carbocycles. The molecule has 0 spiro atoms. The minimum Gasteiger partial charge on any atom is -0.497 e. The van der Waals surface area contributed by atoms with Gasteiger partial charge in [0, 0.05) is 12.6 Å². The van der Waals surface area contributed by atoms with E-state index in [1.54, 1.807) is 0 Å². The third kappa shape index (κ3) is 2.88. The second kappa shape index (κ2) is 5.20. The summed E-state index contributed by atoms with van der Waals surface area (Å²) in [6.07, 6.45) is 14.9. The van der Waals surface area contributed by atoms with Crippen molar-refractivity contribution in [3.8, 4) is 0 Å². The van der Waals surface area contributed by atoms with Gasteiger partial charge in [-0.25, -0.2) is 0 Å². The second-order valence-corrected chi connectivity index (χ2v) is 4.10. The molecule has 0 aromatic rings. The Balaban J connectivity index is 1.66. The highest BCUT2D eigenvalue weighted by molar-refractivity contribution is 4.93. The number of nitrogens with one attached hydrogen (secondary N) is 1. The molecule has 2 unspecified atom stereocenters. The fourth-order valence-electron chi connectivity index (χ4n) is 2.01. The van der Waals surface area contributed by atoms with Crippen LogP contribution in [0.1, 0.15) is 32.1 Å². The first-order valence-corrected chi connectivity index (χ1v) is 5.64. The first-order chi connectivity index (χ1) is 6.95. The molecule has 1 N–H and O–H groups in total. The zero-order valence-corrected chi connectivity index (χ0v) is 8.61. The third-order valence-electron chi connectivity index (χ3n) is 2.93. The maximum atomic E-state index is 5.51. The summed E-state index contributed by atoms with van der Waals surface area (Å²) in [5, 5.41) is 3.58. The lowest BCUT2D eigenvalue weighted by Gasteiger charge is -2.24. The Morgan fingerprint density at radius 2 is 2.07 bits per heavy atom. The van der Waals surface area contributed by atoms with Crippen LogP contribution in [0.25, 0.3) is 0 Å². The fraction of sp³-hybridized carbons (Fsp3) is 0.667. The number of hydrogen-bond acceptors (Lipinski definition) is 2. The Labute approximate surface area is 86.0 Å². The topological polar surface area (TPSA) is 21.3 Å². The van der Waals surface area contributed by atoms with Gasteiger partial charge < -0.3 is 10.1 Å². The van der Waals surface area contributed by atoms with Crippen LogP contribution in [0, 0.1) is 0 Å². The van der Waals surface area contributed by atoms with Crippen LogP contribution in [0.2, 0.25) is 0 Å². The van der Waals surface area contributed by atoms with Crippen molar-refractivity contribution in [2.45, 2.75) is 44.2 Å². The average Bonchev–Trinajstić information content (AvgIpc) is 2.29. The van der Waals surface area contributed by atoms with E-state index < -0.39 is 0 Å². The van der Waals surface area contributed by atoms with Gasteiger partial charge in [-0.05, 0) is 38.2 Å². The molecular formula is C12H19NO. The minimum absolute atomic E-state index is 0.394. The van der Waals surface area contributed by atoms with E-state index in [4.69, 9.17) is 4.74 Å². The molecule has 2 atom stereocenters. The molecule has 0 amide bonds. The molecule has 0 radical (unpaired) electrons. The van der Waals surface area contributed by atoms with E-state index in [0.717, 1.165) is 19.4 Å². The molecule has 2 heteroatoms. The van der Waals surface area contributed by atoms with Gasteiger partial charge >= 0.3 is 0 Å². The van der Waals surface area contributed by atoms with E-state index in [9.17, 15) is 0 Å². The summed E-state index contributed by atoms with van der Waals surface area (Å²) in [7, 11) is 0. The van der Waals surface area contributed by atoms with Crippen LogP contribution in [0.15, 0.2) is 24.5 Å².